The molecule has 6 nitrogen and oxygen atoms in total. The molecule has 130 valence electrons. The van der Waals surface area contributed by atoms with Crippen LogP contribution < -0.4 is 5.32 Å². The molecule has 1 heterocycles. The van der Waals surface area contributed by atoms with E-state index >= 15 is 0 Å². The summed E-state index contributed by atoms with van der Waals surface area (Å²) in [5, 5.41) is 2.60. The van der Waals surface area contributed by atoms with Crippen molar-refractivity contribution in [2.75, 3.05) is 18.1 Å². The van der Waals surface area contributed by atoms with Crippen LogP contribution in [0.1, 0.15) is 40.7 Å². The molecule has 24 heavy (non-hydrogen) atoms. The maximum Gasteiger partial charge on any atom is 0.338 e. The highest BCUT2D eigenvalue weighted by Gasteiger charge is 2.29. The highest BCUT2D eigenvalue weighted by molar-refractivity contribution is 7.91. The van der Waals surface area contributed by atoms with E-state index in [1.807, 2.05) is 12.1 Å². The first-order valence-corrected chi connectivity index (χ1v) is 10.0. The Bertz CT molecular complexity index is 756. The SMILES string of the molecule is O=C(COC(=O)c1ccc2c(c1)CCCC2)N[C@@H]1CCS(=O)(=O)C1. The van der Waals surface area contributed by atoms with E-state index in [0.29, 0.717) is 12.0 Å². The van der Waals surface area contributed by atoms with Crippen molar-refractivity contribution < 1.29 is 22.7 Å². The minimum absolute atomic E-state index is 0.0441. The maximum absolute atomic E-state index is 12.1. The molecule has 1 atom stereocenters. The van der Waals surface area contributed by atoms with Crippen molar-refractivity contribution in [3.8, 4) is 0 Å². The quantitative estimate of drug-likeness (QED) is 0.818. The number of aryl methyl sites for hydroxylation is 2. The molecule has 7 heteroatoms. The summed E-state index contributed by atoms with van der Waals surface area (Å²) in [5.74, 6) is -0.953. The lowest BCUT2D eigenvalue weighted by atomic mass is 9.90. The van der Waals surface area contributed by atoms with Gasteiger partial charge in [-0.1, -0.05) is 6.07 Å². The van der Waals surface area contributed by atoms with Crippen molar-refractivity contribution in [2.45, 2.75) is 38.1 Å². The second-order valence-electron chi connectivity index (χ2n) is 6.43. The molecular weight excluding hydrogens is 330 g/mol. The number of benzene rings is 1. The Morgan fingerprint density at radius 3 is 2.62 bits per heavy atom. The molecule has 0 aromatic heterocycles. The van der Waals surface area contributed by atoms with Gasteiger partial charge in [0.2, 0.25) is 0 Å². The topological polar surface area (TPSA) is 89.5 Å². The first-order valence-electron chi connectivity index (χ1n) is 8.22. The number of amides is 1. The van der Waals surface area contributed by atoms with Crippen molar-refractivity contribution in [3.05, 3.63) is 34.9 Å². The zero-order valence-corrected chi connectivity index (χ0v) is 14.2. The molecule has 1 N–H and O–H groups in total. The van der Waals surface area contributed by atoms with Gasteiger partial charge in [-0.3, -0.25) is 4.79 Å². The van der Waals surface area contributed by atoms with Gasteiger partial charge in [-0.25, -0.2) is 13.2 Å². The fourth-order valence-corrected chi connectivity index (χ4v) is 4.93. The highest BCUT2D eigenvalue weighted by atomic mass is 32.2. The first-order chi connectivity index (χ1) is 11.4. The summed E-state index contributed by atoms with van der Waals surface area (Å²) < 4.78 is 27.8. The molecule has 1 aromatic carbocycles. The van der Waals surface area contributed by atoms with E-state index in [-0.39, 0.29) is 17.5 Å². The van der Waals surface area contributed by atoms with Gasteiger partial charge in [0.25, 0.3) is 5.91 Å². The summed E-state index contributed by atoms with van der Waals surface area (Å²) in [6.45, 7) is -0.396. The van der Waals surface area contributed by atoms with E-state index in [2.05, 4.69) is 5.32 Å². The lowest BCUT2D eigenvalue weighted by Crippen LogP contribution is -2.38. The lowest BCUT2D eigenvalue weighted by Gasteiger charge is -2.16. The molecule has 0 bridgehead atoms. The van der Waals surface area contributed by atoms with Crippen LogP contribution in [0.2, 0.25) is 0 Å². The number of hydrogen-bond acceptors (Lipinski definition) is 5. The van der Waals surface area contributed by atoms with Gasteiger partial charge in [0.1, 0.15) is 0 Å². The molecule has 1 aromatic rings. The molecule has 1 aliphatic heterocycles. The largest absolute Gasteiger partial charge is 0.452 e. The van der Waals surface area contributed by atoms with E-state index in [4.69, 9.17) is 4.74 Å². The van der Waals surface area contributed by atoms with Gasteiger partial charge in [0.15, 0.2) is 16.4 Å². The van der Waals surface area contributed by atoms with E-state index < -0.39 is 28.3 Å². The van der Waals surface area contributed by atoms with E-state index in [1.165, 1.54) is 17.5 Å². The number of esters is 1. The molecule has 0 unspecified atom stereocenters. The van der Waals surface area contributed by atoms with Crippen LogP contribution in [0.25, 0.3) is 0 Å². The van der Waals surface area contributed by atoms with Crippen LogP contribution in [0.3, 0.4) is 0 Å². The minimum atomic E-state index is -3.05. The summed E-state index contributed by atoms with van der Waals surface area (Å²) in [6.07, 6.45) is 4.71. The molecule has 1 fully saturated rings. The Morgan fingerprint density at radius 1 is 1.17 bits per heavy atom. The van der Waals surface area contributed by atoms with Crippen LogP contribution in [0.15, 0.2) is 18.2 Å². The van der Waals surface area contributed by atoms with Crippen LogP contribution in [0, 0.1) is 0 Å². The monoisotopic (exact) mass is 351 g/mol. The Balaban J connectivity index is 1.51. The molecular formula is C17H21NO5S. The fourth-order valence-electron chi connectivity index (χ4n) is 3.25. The number of fused-ring (bicyclic) bond motifs is 1. The van der Waals surface area contributed by atoms with Gasteiger partial charge in [0.05, 0.1) is 17.1 Å². The van der Waals surface area contributed by atoms with Crippen molar-refractivity contribution in [1.82, 2.24) is 5.32 Å². The van der Waals surface area contributed by atoms with E-state index in [9.17, 15) is 18.0 Å². The molecule has 0 spiro atoms. The smallest absolute Gasteiger partial charge is 0.338 e. The number of rotatable bonds is 4. The molecule has 1 aliphatic carbocycles. The predicted molar refractivity (Wildman–Crippen MR) is 88.6 cm³/mol. The average Bonchev–Trinajstić information content (AvgIpc) is 2.90. The van der Waals surface area contributed by atoms with Crippen molar-refractivity contribution in [2.24, 2.45) is 0 Å². The third-order valence-electron chi connectivity index (χ3n) is 4.52. The summed E-state index contributed by atoms with van der Waals surface area (Å²) in [4.78, 5) is 23.9. The Labute approximate surface area is 141 Å². The van der Waals surface area contributed by atoms with Gasteiger partial charge >= 0.3 is 5.97 Å². The highest BCUT2D eigenvalue weighted by Crippen LogP contribution is 2.22. The third-order valence-corrected chi connectivity index (χ3v) is 6.28. The number of ether oxygens (including phenoxy) is 1. The molecule has 1 saturated heterocycles. The minimum Gasteiger partial charge on any atom is -0.452 e. The van der Waals surface area contributed by atoms with Crippen LogP contribution in [-0.4, -0.2) is 44.4 Å². The van der Waals surface area contributed by atoms with Gasteiger partial charge in [0, 0.05) is 6.04 Å². The van der Waals surface area contributed by atoms with Crippen LogP contribution >= 0.6 is 0 Å². The van der Waals surface area contributed by atoms with Crippen molar-refractivity contribution in [1.29, 1.82) is 0 Å². The Kier molecular flexibility index (Phi) is 4.89. The third kappa shape index (κ3) is 4.14. The van der Waals surface area contributed by atoms with Gasteiger partial charge in [-0.05, 0) is 55.4 Å². The van der Waals surface area contributed by atoms with Gasteiger partial charge in [-0.2, -0.15) is 0 Å². The molecule has 3 rings (SSSR count). The number of carbonyl (C=O) groups is 2. The van der Waals surface area contributed by atoms with Crippen molar-refractivity contribution in [3.63, 3.8) is 0 Å². The summed E-state index contributed by atoms with van der Waals surface area (Å²) in [5.41, 5.74) is 2.90. The van der Waals surface area contributed by atoms with E-state index in [1.54, 1.807) is 6.07 Å². The van der Waals surface area contributed by atoms with Crippen LogP contribution in [-0.2, 0) is 32.2 Å². The van der Waals surface area contributed by atoms with Crippen LogP contribution in [0.4, 0.5) is 0 Å². The lowest BCUT2D eigenvalue weighted by molar-refractivity contribution is -0.124. The van der Waals surface area contributed by atoms with Crippen LogP contribution in [0.5, 0.6) is 0 Å². The molecule has 2 aliphatic rings. The molecule has 0 saturated carbocycles. The van der Waals surface area contributed by atoms with Gasteiger partial charge in [-0.15, -0.1) is 0 Å². The van der Waals surface area contributed by atoms with Gasteiger partial charge < -0.3 is 10.1 Å². The van der Waals surface area contributed by atoms with E-state index in [0.717, 1.165) is 19.3 Å². The standard InChI is InChI=1S/C17H21NO5S/c19-16(18-15-7-8-24(21,22)11-15)10-23-17(20)14-6-5-12-3-1-2-4-13(12)9-14/h5-6,9,15H,1-4,7-8,10-11H2,(H,18,19)/t15-/m1/s1. The summed E-state index contributed by atoms with van der Waals surface area (Å²) in [7, 11) is -3.05. The maximum atomic E-state index is 12.1. The zero-order valence-electron chi connectivity index (χ0n) is 13.4. The number of hydrogen-bond donors (Lipinski definition) is 1. The van der Waals surface area contributed by atoms with Crippen molar-refractivity contribution >= 4 is 21.7 Å². The zero-order chi connectivity index (χ0) is 17.2. The predicted octanol–water partition coefficient (Wildman–Crippen LogP) is 1.03. The average molecular weight is 351 g/mol. The number of carbonyl (C=O) groups excluding carboxylic acids is 2. The number of sulfone groups is 1. The molecule has 0 radical (unpaired) electrons. The Hall–Kier alpha value is -1.89. The summed E-state index contributed by atoms with van der Waals surface area (Å²) >= 11 is 0. The Morgan fingerprint density at radius 2 is 1.92 bits per heavy atom. The normalized spacial score (nSPS) is 21.8. The second-order valence-corrected chi connectivity index (χ2v) is 8.66. The fraction of sp³-hybridized carbons (Fsp3) is 0.529. The first kappa shape index (κ1) is 17.0. The number of nitrogens with one attached hydrogen (secondary N) is 1. The molecule has 1 amide bonds. The summed E-state index contributed by atoms with van der Waals surface area (Å²) in [6, 6.07) is 5.14. The second kappa shape index (κ2) is 6.93.